The highest BCUT2D eigenvalue weighted by Gasteiger charge is 2.12. The predicted octanol–water partition coefficient (Wildman–Crippen LogP) is 4.99. The Hall–Kier alpha value is -2.75. The van der Waals surface area contributed by atoms with Crippen LogP contribution in [0.15, 0.2) is 47.6 Å². The summed E-state index contributed by atoms with van der Waals surface area (Å²) in [4.78, 5) is 3.44. The van der Waals surface area contributed by atoms with E-state index >= 15 is 0 Å². The number of ether oxygens (including phenoxy) is 1. The lowest BCUT2D eigenvalue weighted by molar-refractivity contribution is 0.322. The molecule has 1 heterocycles. The van der Waals surface area contributed by atoms with Crippen LogP contribution in [0.4, 0.5) is 0 Å². The number of oxime groups is 1. The lowest BCUT2D eigenvalue weighted by Gasteiger charge is -2.03. The van der Waals surface area contributed by atoms with Gasteiger partial charge in [-0.25, -0.2) is 0 Å². The third-order valence-corrected chi connectivity index (χ3v) is 4.29. The van der Waals surface area contributed by atoms with Crippen molar-refractivity contribution in [2.45, 2.75) is 26.2 Å². The van der Waals surface area contributed by atoms with Gasteiger partial charge in [-0.15, -0.1) is 0 Å². The van der Waals surface area contributed by atoms with Crippen LogP contribution in [0.25, 0.3) is 22.2 Å². The number of nitrogens with one attached hydrogen (secondary N) is 1. The molecule has 1 aromatic heterocycles. The topological polar surface area (TPSA) is 57.6 Å². The number of unbranched alkanes of at least 4 members (excludes halogenated alkanes) is 1. The third-order valence-electron chi connectivity index (χ3n) is 4.29. The van der Waals surface area contributed by atoms with E-state index in [1.165, 1.54) is 24.6 Å². The van der Waals surface area contributed by atoms with Gasteiger partial charge in [0.1, 0.15) is 5.75 Å². The minimum absolute atomic E-state index is 0.814. The van der Waals surface area contributed by atoms with Gasteiger partial charge >= 0.3 is 0 Å². The smallest absolute Gasteiger partial charge is 0.118 e. The average Bonchev–Trinajstić information content (AvgIpc) is 2.98. The molecule has 24 heavy (non-hydrogen) atoms. The average molecular weight is 322 g/mol. The first kappa shape index (κ1) is 16.1. The van der Waals surface area contributed by atoms with E-state index in [4.69, 9.17) is 9.94 Å². The molecule has 4 nitrogen and oxygen atoms in total. The second-order valence-corrected chi connectivity index (χ2v) is 5.87. The summed E-state index contributed by atoms with van der Waals surface area (Å²) in [5.41, 5.74) is 5.21. The van der Waals surface area contributed by atoms with Crippen LogP contribution in [0.2, 0.25) is 0 Å². The highest BCUT2D eigenvalue weighted by atomic mass is 16.5. The van der Waals surface area contributed by atoms with E-state index in [2.05, 4.69) is 35.3 Å². The van der Waals surface area contributed by atoms with Gasteiger partial charge in [0, 0.05) is 16.5 Å². The molecule has 0 aliphatic rings. The van der Waals surface area contributed by atoms with Crippen molar-refractivity contribution >= 4 is 17.1 Å². The maximum atomic E-state index is 9.10. The Morgan fingerprint density at radius 1 is 1.17 bits per heavy atom. The third kappa shape index (κ3) is 3.13. The van der Waals surface area contributed by atoms with Crippen molar-refractivity contribution in [3.05, 3.63) is 53.6 Å². The van der Waals surface area contributed by atoms with Gasteiger partial charge in [0.15, 0.2) is 0 Å². The highest BCUT2D eigenvalue weighted by molar-refractivity contribution is 6.06. The zero-order chi connectivity index (χ0) is 16.9. The van der Waals surface area contributed by atoms with Gasteiger partial charge in [-0.3, -0.25) is 0 Å². The highest BCUT2D eigenvalue weighted by Crippen LogP contribution is 2.31. The van der Waals surface area contributed by atoms with E-state index in [-0.39, 0.29) is 0 Å². The van der Waals surface area contributed by atoms with Gasteiger partial charge < -0.3 is 14.9 Å². The molecule has 0 atom stereocenters. The van der Waals surface area contributed by atoms with Crippen LogP contribution >= 0.6 is 0 Å². The monoisotopic (exact) mass is 322 g/mol. The van der Waals surface area contributed by atoms with E-state index in [1.54, 1.807) is 7.11 Å². The normalized spacial score (nSPS) is 11.4. The lowest BCUT2D eigenvalue weighted by Crippen LogP contribution is -1.88. The molecule has 0 aliphatic carbocycles. The number of hydrogen-bond donors (Lipinski definition) is 2. The fraction of sp³-hybridized carbons (Fsp3) is 0.250. The fourth-order valence-corrected chi connectivity index (χ4v) is 2.97. The Morgan fingerprint density at radius 3 is 2.62 bits per heavy atom. The summed E-state index contributed by atoms with van der Waals surface area (Å²) < 4.78 is 5.22. The van der Waals surface area contributed by atoms with Crippen molar-refractivity contribution < 1.29 is 9.94 Å². The number of aryl methyl sites for hydroxylation is 1. The first-order chi connectivity index (χ1) is 11.8. The van der Waals surface area contributed by atoms with Gasteiger partial charge in [0.2, 0.25) is 0 Å². The molecule has 0 aliphatic heterocycles. The van der Waals surface area contributed by atoms with Crippen molar-refractivity contribution in [1.82, 2.24) is 4.98 Å². The zero-order valence-corrected chi connectivity index (χ0v) is 14.0. The number of aromatic amines is 1. The van der Waals surface area contributed by atoms with E-state index in [9.17, 15) is 0 Å². The van der Waals surface area contributed by atoms with Crippen LogP contribution in [0, 0.1) is 0 Å². The van der Waals surface area contributed by atoms with E-state index in [0.29, 0.717) is 0 Å². The zero-order valence-electron chi connectivity index (χ0n) is 14.0. The molecule has 2 N–H and O–H groups in total. The molecule has 0 fully saturated rings. The van der Waals surface area contributed by atoms with Crippen LogP contribution in [-0.2, 0) is 6.42 Å². The molecule has 0 amide bonds. The van der Waals surface area contributed by atoms with Crippen molar-refractivity contribution in [3.8, 4) is 17.0 Å². The van der Waals surface area contributed by atoms with Gasteiger partial charge in [0.25, 0.3) is 0 Å². The van der Waals surface area contributed by atoms with E-state index < -0.39 is 0 Å². The molecular weight excluding hydrogens is 300 g/mol. The maximum absolute atomic E-state index is 9.10. The Balaban J connectivity index is 2.10. The number of rotatable bonds is 6. The van der Waals surface area contributed by atoms with Crippen LogP contribution < -0.4 is 4.74 Å². The van der Waals surface area contributed by atoms with Gasteiger partial charge in [0.05, 0.1) is 19.0 Å². The molecule has 2 aromatic carbocycles. The number of nitrogens with zero attached hydrogens (tertiary/aromatic N) is 1. The lowest BCUT2D eigenvalue weighted by atomic mass is 10.0. The molecule has 0 spiro atoms. The predicted molar refractivity (Wildman–Crippen MR) is 98.3 cm³/mol. The Morgan fingerprint density at radius 2 is 1.96 bits per heavy atom. The molecule has 3 rings (SSSR count). The van der Waals surface area contributed by atoms with Crippen LogP contribution in [0.3, 0.4) is 0 Å². The van der Waals surface area contributed by atoms with Crippen LogP contribution in [0.5, 0.6) is 5.75 Å². The summed E-state index contributed by atoms with van der Waals surface area (Å²) in [6, 6.07) is 14.3. The van der Waals surface area contributed by atoms with Crippen LogP contribution in [0.1, 0.15) is 30.9 Å². The first-order valence-corrected chi connectivity index (χ1v) is 8.23. The van der Waals surface area contributed by atoms with Crippen LogP contribution in [-0.4, -0.2) is 23.5 Å². The summed E-state index contributed by atoms with van der Waals surface area (Å²) in [5, 5.41) is 13.4. The standard InChI is InChI=1S/C20H22N2O2/c1-3-4-5-14-6-11-19-17(12-14)18(13-21-23)20(22-19)15-7-9-16(24-2)10-8-15/h6-13,22-23H,3-5H2,1-2H3/b21-13-. The summed E-state index contributed by atoms with van der Waals surface area (Å²) in [5.74, 6) is 0.814. The molecule has 4 heteroatoms. The van der Waals surface area contributed by atoms with E-state index in [1.807, 2.05) is 24.3 Å². The minimum atomic E-state index is 0.814. The minimum Gasteiger partial charge on any atom is -0.497 e. The van der Waals surface area contributed by atoms with Gasteiger partial charge in [-0.1, -0.05) is 24.6 Å². The fourth-order valence-electron chi connectivity index (χ4n) is 2.97. The van der Waals surface area contributed by atoms with Crippen molar-refractivity contribution in [1.29, 1.82) is 0 Å². The summed E-state index contributed by atoms with van der Waals surface area (Å²) in [7, 11) is 1.65. The Labute approximate surface area is 141 Å². The number of hydrogen-bond acceptors (Lipinski definition) is 3. The van der Waals surface area contributed by atoms with Gasteiger partial charge in [-0.05, 0) is 60.4 Å². The number of fused-ring (bicyclic) bond motifs is 1. The van der Waals surface area contributed by atoms with Gasteiger partial charge in [-0.2, -0.15) is 0 Å². The van der Waals surface area contributed by atoms with Crippen molar-refractivity contribution in [2.75, 3.05) is 7.11 Å². The molecule has 124 valence electrons. The second-order valence-electron chi connectivity index (χ2n) is 5.87. The van der Waals surface area contributed by atoms with E-state index in [0.717, 1.165) is 39.9 Å². The Kier molecular flexibility index (Phi) is 4.85. The summed E-state index contributed by atoms with van der Waals surface area (Å²) >= 11 is 0. The molecule has 0 saturated heterocycles. The number of aromatic nitrogens is 1. The number of benzene rings is 2. The maximum Gasteiger partial charge on any atom is 0.118 e. The molecule has 0 radical (unpaired) electrons. The number of methoxy groups -OCH3 is 1. The largest absolute Gasteiger partial charge is 0.497 e. The molecule has 0 saturated carbocycles. The quantitative estimate of drug-likeness (QED) is 0.381. The SMILES string of the molecule is CCCCc1ccc2[nH]c(-c3ccc(OC)cc3)c(/C=N\O)c2c1. The Bertz CT molecular complexity index is 848. The summed E-state index contributed by atoms with van der Waals surface area (Å²) in [6.07, 6.45) is 4.91. The number of H-pyrrole nitrogens is 1. The molecule has 0 unspecified atom stereocenters. The molecule has 3 aromatic rings. The summed E-state index contributed by atoms with van der Waals surface area (Å²) in [6.45, 7) is 2.19. The van der Waals surface area contributed by atoms with Crippen molar-refractivity contribution in [3.63, 3.8) is 0 Å². The second kappa shape index (κ2) is 7.21. The molecular formula is C20H22N2O2. The molecule has 0 bridgehead atoms. The van der Waals surface area contributed by atoms with Crippen molar-refractivity contribution in [2.24, 2.45) is 5.16 Å². The first-order valence-electron chi connectivity index (χ1n) is 8.23.